The first-order valence-corrected chi connectivity index (χ1v) is 6.44. The van der Waals surface area contributed by atoms with Crippen LogP contribution in [0.3, 0.4) is 0 Å². The Morgan fingerprint density at radius 2 is 2.31 bits per heavy atom. The maximum atomic E-state index is 9.74. The summed E-state index contributed by atoms with van der Waals surface area (Å²) in [4.78, 5) is 0. The van der Waals surface area contributed by atoms with Gasteiger partial charge in [0.25, 0.3) is 0 Å². The predicted molar refractivity (Wildman–Crippen MR) is 60.2 cm³/mol. The van der Waals surface area contributed by atoms with Crippen molar-refractivity contribution in [3.8, 4) is 0 Å². The molecule has 1 spiro atoms. The Hall–Kier alpha value is -0.380. The average Bonchev–Trinajstić information content (AvgIpc) is 2.59. The van der Waals surface area contributed by atoms with E-state index in [1.54, 1.807) is 0 Å². The van der Waals surface area contributed by atoms with Gasteiger partial charge in [0, 0.05) is 6.42 Å². The summed E-state index contributed by atoms with van der Waals surface area (Å²) in [6.45, 7) is 2.20. The molecule has 2 saturated heterocycles. The maximum Gasteiger partial charge on any atom is 0.115 e. The van der Waals surface area contributed by atoms with Gasteiger partial charge >= 0.3 is 0 Å². The second kappa shape index (κ2) is 3.83. The highest BCUT2D eigenvalue weighted by molar-refractivity contribution is 5.21. The second-order valence-corrected chi connectivity index (χ2v) is 5.28. The van der Waals surface area contributed by atoms with Gasteiger partial charge in [0.15, 0.2) is 0 Å². The first-order chi connectivity index (χ1) is 7.73. The van der Waals surface area contributed by atoms with Crippen LogP contribution in [0, 0.1) is 0 Å². The molecule has 90 valence electrons. The molecule has 16 heavy (non-hydrogen) atoms. The fourth-order valence-electron chi connectivity index (χ4n) is 3.29. The monoisotopic (exact) mass is 224 g/mol. The summed E-state index contributed by atoms with van der Waals surface area (Å²) in [6, 6.07) is 0. The Bertz CT molecular complexity index is 302. The van der Waals surface area contributed by atoms with E-state index >= 15 is 0 Å². The first kappa shape index (κ1) is 10.8. The molecule has 3 aliphatic rings. The Morgan fingerprint density at radius 1 is 1.44 bits per heavy atom. The number of hydrogen-bond acceptors (Lipinski definition) is 3. The standard InChI is InChI=1S/C13H20O3/c1-2-3-9-4-5-12-13(16-9)7-6-10(14)11(8-13)15-12/h6-7,9-12,14H,2-5,8H2,1H3/t9-,10+,11+,12-,13-/m0/s1. The van der Waals surface area contributed by atoms with Gasteiger partial charge in [0.05, 0.1) is 24.4 Å². The average molecular weight is 224 g/mol. The zero-order valence-electron chi connectivity index (χ0n) is 9.76. The van der Waals surface area contributed by atoms with Gasteiger partial charge in [-0.25, -0.2) is 0 Å². The van der Waals surface area contributed by atoms with E-state index in [-0.39, 0.29) is 17.8 Å². The fraction of sp³-hybridized carbons (Fsp3) is 0.846. The molecular formula is C13H20O3. The number of ether oxygens (including phenoxy) is 2. The molecule has 3 nitrogen and oxygen atoms in total. The SMILES string of the molecule is CCC[C@H]1CC[C@@H]2O[C@@H]3C[C@]2(C=C[C@H]3O)O1. The van der Waals surface area contributed by atoms with E-state index in [1.807, 2.05) is 12.2 Å². The van der Waals surface area contributed by atoms with Crippen molar-refractivity contribution in [2.45, 2.75) is 69.0 Å². The summed E-state index contributed by atoms with van der Waals surface area (Å²) in [5.41, 5.74) is -0.220. The molecule has 1 aliphatic carbocycles. The van der Waals surface area contributed by atoms with Crippen molar-refractivity contribution in [2.24, 2.45) is 0 Å². The highest BCUT2D eigenvalue weighted by Crippen LogP contribution is 2.46. The maximum absolute atomic E-state index is 9.74. The summed E-state index contributed by atoms with van der Waals surface area (Å²) in [5.74, 6) is 0. The third-order valence-electron chi connectivity index (χ3n) is 4.11. The molecule has 2 bridgehead atoms. The number of aliphatic hydroxyl groups excluding tert-OH is 1. The van der Waals surface area contributed by atoms with E-state index in [0.29, 0.717) is 6.10 Å². The minimum absolute atomic E-state index is 0.0459. The molecule has 3 heteroatoms. The molecule has 0 unspecified atom stereocenters. The summed E-state index contributed by atoms with van der Waals surface area (Å²) in [7, 11) is 0. The van der Waals surface area contributed by atoms with Crippen LogP contribution in [0.25, 0.3) is 0 Å². The normalized spacial score (nSPS) is 50.4. The highest BCUT2D eigenvalue weighted by Gasteiger charge is 2.54. The number of fused-ring (bicyclic) bond motifs is 1. The topological polar surface area (TPSA) is 38.7 Å². The van der Waals surface area contributed by atoms with Crippen molar-refractivity contribution in [1.82, 2.24) is 0 Å². The summed E-state index contributed by atoms with van der Waals surface area (Å²) < 4.78 is 12.1. The summed E-state index contributed by atoms with van der Waals surface area (Å²) in [5, 5.41) is 9.74. The van der Waals surface area contributed by atoms with Crippen LogP contribution in [-0.4, -0.2) is 35.1 Å². The Labute approximate surface area is 96.4 Å². The summed E-state index contributed by atoms with van der Waals surface area (Å²) in [6.07, 6.45) is 9.25. The van der Waals surface area contributed by atoms with Crippen molar-refractivity contribution in [3.05, 3.63) is 12.2 Å². The largest absolute Gasteiger partial charge is 0.386 e. The van der Waals surface area contributed by atoms with Crippen LogP contribution in [-0.2, 0) is 9.47 Å². The van der Waals surface area contributed by atoms with Crippen LogP contribution in [0.15, 0.2) is 12.2 Å². The molecule has 0 aromatic heterocycles. The van der Waals surface area contributed by atoms with Crippen LogP contribution in [0.1, 0.15) is 39.0 Å². The molecule has 1 N–H and O–H groups in total. The molecule has 0 saturated carbocycles. The molecule has 5 atom stereocenters. The molecule has 0 radical (unpaired) electrons. The van der Waals surface area contributed by atoms with Crippen molar-refractivity contribution in [1.29, 1.82) is 0 Å². The number of aliphatic hydroxyl groups is 1. The molecule has 0 aromatic rings. The van der Waals surface area contributed by atoms with Crippen LogP contribution in [0.4, 0.5) is 0 Å². The molecule has 0 amide bonds. The highest BCUT2D eigenvalue weighted by atomic mass is 16.6. The molecule has 2 heterocycles. The Morgan fingerprint density at radius 3 is 3.12 bits per heavy atom. The van der Waals surface area contributed by atoms with Crippen LogP contribution in [0.5, 0.6) is 0 Å². The quantitative estimate of drug-likeness (QED) is 0.727. The lowest BCUT2D eigenvalue weighted by molar-refractivity contribution is -0.141. The van der Waals surface area contributed by atoms with Gasteiger partial charge in [-0.3, -0.25) is 0 Å². The van der Waals surface area contributed by atoms with Gasteiger partial charge < -0.3 is 14.6 Å². The lowest BCUT2D eigenvalue weighted by Gasteiger charge is -2.40. The fourth-order valence-corrected chi connectivity index (χ4v) is 3.29. The van der Waals surface area contributed by atoms with E-state index in [9.17, 15) is 5.11 Å². The van der Waals surface area contributed by atoms with E-state index in [2.05, 4.69) is 6.92 Å². The number of hydrogen-bond donors (Lipinski definition) is 1. The minimum Gasteiger partial charge on any atom is -0.386 e. The first-order valence-electron chi connectivity index (χ1n) is 6.44. The van der Waals surface area contributed by atoms with Crippen LogP contribution < -0.4 is 0 Å². The van der Waals surface area contributed by atoms with E-state index in [1.165, 1.54) is 6.42 Å². The predicted octanol–water partition coefficient (Wildman–Crippen LogP) is 1.79. The van der Waals surface area contributed by atoms with Crippen molar-refractivity contribution in [3.63, 3.8) is 0 Å². The molecule has 2 fully saturated rings. The molecule has 2 aliphatic heterocycles. The van der Waals surface area contributed by atoms with Gasteiger partial charge in [-0.1, -0.05) is 25.5 Å². The smallest absolute Gasteiger partial charge is 0.115 e. The van der Waals surface area contributed by atoms with Crippen molar-refractivity contribution < 1.29 is 14.6 Å². The van der Waals surface area contributed by atoms with E-state index in [4.69, 9.17) is 9.47 Å². The minimum atomic E-state index is -0.440. The van der Waals surface area contributed by atoms with Crippen LogP contribution >= 0.6 is 0 Å². The van der Waals surface area contributed by atoms with E-state index < -0.39 is 6.10 Å². The lowest BCUT2D eigenvalue weighted by atomic mass is 9.82. The Kier molecular flexibility index (Phi) is 2.57. The zero-order chi connectivity index (χ0) is 11.2. The lowest BCUT2D eigenvalue weighted by Crippen LogP contribution is -2.47. The third kappa shape index (κ3) is 1.53. The third-order valence-corrected chi connectivity index (χ3v) is 4.11. The van der Waals surface area contributed by atoms with E-state index in [0.717, 1.165) is 25.7 Å². The molecular weight excluding hydrogens is 204 g/mol. The number of rotatable bonds is 2. The molecule has 0 aromatic carbocycles. The van der Waals surface area contributed by atoms with Gasteiger partial charge in [-0.05, 0) is 19.3 Å². The van der Waals surface area contributed by atoms with Crippen molar-refractivity contribution in [2.75, 3.05) is 0 Å². The van der Waals surface area contributed by atoms with Crippen LogP contribution in [0.2, 0.25) is 0 Å². The van der Waals surface area contributed by atoms with Gasteiger partial charge in [0.1, 0.15) is 5.60 Å². The molecule has 3 rings (SSSR count). The van der Waals surface area contributed by atoms with Gasteiger partial charge in [0.2, 0.25) is 0 Å². The summed E-state index contributed by atoms with van der Waals surface area (Å²) >= 11 is 0. The van der Waals surface area contributed by atoms with Crippen molar-refractivity contribution >= 4 is 0 Å². The zero-order valence-corrected chi connectivity index (χ0v) is 9.76. The van der Waals surface area contributed by atoms with Gasteiger partial charge in [-0.15, -0.1) is 0 Å². The second-order valence-electron chi connectivity index (χ2n) is 5.28. The van der Waals surface area contributed by atoms with Gasteiger partial charge in [-0.2, -0.15) is 0 Å². The Balaban J connectivity index is 1.80.